The Balaban J connectivity index is 1.58. The number of benzene rings is 1. The number of rotatable bonds is 4. The summed E-state index contributed by atoms with van der Waals surface area (Å²) >= 11 is 5.99. The number of hydrogen-bond acceptors (Lipinski definition) is 5. The predicted octanol–water partition coefficient (Wildman–Crippen LogP) is 5.17. The van der Waals surface area contributed by atoms with Crippen molar-refractivity contribution in [3.63, 3.8) is 0 Å². The first-order chi connectivity index (χ1) is 14.8. The van der Waals surface area contributed by atoms with Crippen molar-refractivity contribution in [1.29, 1.82) is 0 Å². The van der Waals surface area contributed by atoms with Gasteiger partial charge in [0.05, 0.1) is 17.5 Å². The number of nitrogens with one attached hydrogen (secondary N) is 2. The van der Waals surface area contributed by atoms with Gasteiger partial charge in [-0.25, -0.2) is 5.43 Å². The Morgan fingerprint density at radius 2 is 1.90 bits per heavy atom. The Hall–Kier alpha value is -3.32. The number of carbonyl (C=O) groups is 2. The van der Waals surface area contributed by atoms with Gasteiger partial charge in [0.15, 0.2) is 5.76 Å². The quantitative estimate of drug-likeness (QED) is 0.548. The summed E-state index contributed by atoms with van der Waals surface area (Å²) in [5.74, 6) is 0.788. The van der Waals surface area contributed by atoms with Crippen LogP contribution >= 0.6 is 11.6 Å². The lowest BCUT2D eigenvalue weighted by Gasteiger charge is -2.13. The first-order valence-corrected chi connectivity index (χ1v) is 10.3. The SMILES string of the molecule is Cc1cc(Cl)ccc1NC(=O)c1oc2c(c1C)/C(=N/NC(=O)c1ccoc1C)CCC2. The predicted molar refractivity (Wildman–Crippen MR) is 118 cm³/mol. The lowest BCUT2D eigenvalue weighted by Crippen LogP contribution is -2.22. The molecule has 0 spiro atoms. The van der Waals surface area contributed by atoms with Crippen LogP contribution in [0.2, 0.25) is 5.02 Å². The highest BCUT2D eigenvalue weighted by atomic mass is 35.5. The molecule has 1 aliphatic rings. The van der Waals surface area contributed by atoms with Crippen LogP contribution in [-0.4, -0.2) is 17.5 Å². The molecule has 0 unspecified atom stereocenters. The summed E-state index contributed by atoms with van der Waals surface area (Å²) in [6.45, 7) is 5.42. The van der Waals surface area contributed by atoms with E-state index in [0.717, 1.165) is 17.5 Å². The summed E-state index contributed by atoms with van der Waals surface area (Å²) in [6.07, 6.45) is 3.66. The molecule has 0 atom stereocenters. The van der Waals surface area contributed by atoms with E-state index in [9.17, 15) is 9.59 Å². The number of hydrogen-bond donors (Lipinski definition) is 2. The normalized spacial score (nSPS) is 14.4. The molecule has 160 valence electrons. The number of furan rings is 2. The van der Waals surface area contributed by atoms with Gasteiger partial charge in [0, 0.05) is 28.3 Å². The molecule has 0 aliphatic heterocycles. The van der Waals surface area contributed by atoms with Crippen LogP contribution < -0.4 is 10.7 Å². The van der Waals surface area contributed by atoms with Gasteiger partial charge in [-0.15, -0.1) is 0 Å². The molecule has 2 heterocycles. The topological polar surface area (TPSA) is 96.8 Å². The molecular weight excluding hydrogens is 418 g/mol. The van der Waals surface area contributed by atoms with Gasteiger partial charge in [-0.05, 0) is 63.4 Å². The average molecular weight is 440 g/mol. The molecular formula is C23H22ClN3O4. The molecule has 31 heavy (non-hydrogen) atoms. The maximum Gasteiger partial charge on any atom is 0.291 e. The maximum atomic E-state index is 12.9. The van der Waals surface area contributed by atoms with Gasteiger partial charge in [-0.1, -0.05) is 11.6 Å². The van der Waals surface area contributed by atoms with Crippen LogP contribution in [0.1, 0.15) is 62.0 Å². The van der Waals surface area contributed by atoms with E-state index in [0.29, 0.717) is 51.9 Å². The van der Waals surface area contributed by atoms with Gasteiger partial charge in [0.1, 0.15) is 11.5 Å². The standard InChI is InChI=1S/C23H22ClN3O4/c1-12-11-15(24)7-8-17(12)25-23(29)21-13(2)20-18(5-4-6-19(20)31-21)26-27-22(28)16-9-10-30-14(16)3/h7-11H,4-6H2,1-3H3,(H,25,29)(H,27,28)/b26-18+. The number of fused-ring (bicyclic) bond motifs is 1. The number of hydrazone groups is 1. The lowest BCUT2D eigenvalue weighted by atomic mass is 9.93. The molecule has 0 bridgehead atoms. The number of aryl methyl sites for hydroxylation is 3. The summed E-state index contributed by atoms with van der Waals surface area (Å²) < 4.78 is 11.1. The zero-order valence-corrected chi connectivity index (χ0v) is 18.2. The number of carbonyl (C=O) groups excluding carboxylic acids is 2. The van der Waals surface area contributed by atoms with E-state index in [1.54, 1.807) is 31.2 Å². The summed E-state index contributed by atoms with van der Waals surface area (Å²) in [5.41, 5.74) is 6.72. The molecule has 2 N–H and O–H groups in total. The third-order valence-electron chi connectivity index (χ3n) is 5.36. The highest BCUT2D eigenvalue weighted by molar-refractivity contribution is 6.30. The van der Waals surface area contributed by atoms with Gasteiger partial charge in [0.2, 0.25) is 0 Å². The van der Waals surface area contributed by atoms with Crippen molar-refractivity contribution in [2.45, 2.75) is 40.0 Å². The Kier molecular flexibility index (Phi) is 5.69. The van der Waals surface area contributed by atoms with Crippen LogP contribution in [0.15, 0.2) is 44.5 Å². The minimum atomic E-state index is -0.344. The molecule has 1 aromatic carbocycles. The Bertz CT molecular complexity index is 1210. The van der Waals surface area contributed by atoms with E-state index in [4.69, 9.17) is 20.4 Å². The minimum absolute atomic E-state index is 0.242. The molecule has 0 saturated heterocycles. The number of halogens is 1. The summed E-state index contributed by atoms with van der Waals surface area (Å²) in [5, 5.41) is 7.82. The fourth-order valence-electron chi connectivity index (χ4n) is 3.74. The van der Waals surface area contributed by atoms with Gasteiger partial charge >= 0.3 is 0 Å². The Morgan fingerprint density at radius 1 is 1.10 bits per heavy atom. The van der Waals surface area contributed by atoms with Crippen LogP contribution in [0.25, 0.3) is 0 Å². The summed E-state index contributed by atoms with van der Waals surface area (Å²) in [7, 11) is 0. The van der Waals surface area contributed by atoms with Crippen LogP contribution in [0.5, 0.6) is 0 Å². The molecule has 2 amide bonds. The molecule has 0 fully saturated rings. The van der Waals surface area contributed by atoms with Crippen molar-refractivity contribution in [3.05, 3.63) is 75.1 Å². The average Bonchev–Trinajstić information content (AvgIpc) is 3.32. The highest BCUT2D eigenvalue weighted by Crippen LogP contribution is 2.31. The van der Waals surface area contributed by atoms with E-state index in [1.807, 2.05) is 13.8 Å². The van der Waals surface area contributed by atoms with Crippen LogP contribution in [0.3, 0.4) is 0 Å². The fraction of sp³-hybridized carbons (Fsp3) is 0.261. The number of nitrogens with zero attached hydrogens (tertiary/aromatic N) is 1. The van der Waals surface area contributed by atoms with E-state index in [-0.39, 0.29) is 17.6 Å². The van der Waals surface area contributed by atoms with Crippen molar-refractivity contribution in [2.75, 3.05) is 5.32 Å². The van der Waals surface area contributed by atoms with Crippen LogP contribution in [0.4, 0.5) is 5.69 Å². The molecule has 0 radical (unpaired) electrons. The molecule has 7 nitrogen and oxygen atoms in total. The van der Waals surface area contributed by atoms with E-state index >= 15 is 0 Å². The molecule has 4 rings (SSSR count). The Labute approximate surface area is 184 Å². The zero-order chi connectivity index (χ0) is 22.1. The van der Waals surface area contributed by atoms with Crippen molar-refractivity contribution in [2.24, 2.45) is 5.10 Å². The number of anilines is 1. The molecule has 1 aliphatic carbocycles. The molecule has 3 aromatic rings. The molecule has 0 saturated carbocycles. The van der Waals surface area contributed by atoms with Gasteiger partial charge in [-0.3, -0.25) is 9.59 Å². The monoisotopic (exact) mass is 439 g/mol. The van der Waals surface area contributed by atoms with Crippen molar-refractivity contribution < 1.29 is 18.4 Å². The second kappa shape index (κ2) is 8.43. The van der Waals surface area contributed by atoms with E-state index in [1.165, 1.54) is 6.26 Å². The third kappa shape index (κ3) is 4.14. The van der Waals surface area contributed by atoms with E-state index in [2.05, 4.69) is 15.8 Å². The van der Waals surface area contributed by atoms with Gasteiger partial charge in [0.25, 0.3) is 11.8 Å². The largest absolute Gasteiger partial charge is 0.469 e. The highest BCUT2D eigenvalue weighted by Gasteiger charge is 2.28. The van der Waals surface area contributed by atoms with Crippen molar-refractivity contribution in [1.82, 2.24) is 5.43 Å². The molecule has 2 aromatic heterocycles. The second-order valence-electron chi connectivity index (χ2n) is 7.51. The second-order valence-corrected chi connectivity index (χ2v) is 7.95. The van der Waals surface area contributed by atoms with Crippen molar-refractivity contribution >= 4 is 34.8 Å². The summed E-state index contributed by atoms with van der Waals surface area (Å²) in [6, 6.07) is 6.86. The van der Waals surface area contributed by atoms with Gasteiger partial charge in [-0.2, -0.15) is 5.10 Å². The van der Waals surface area contributed by atoms with Crippen LogP contribution in [0, 0.1) is 20.8 Å². The lowest BCUT2D eigenvalue weighted by molar-refractivity contribution is 0.0952. The first kappa shape index (κ1) is 20.9. The van der Waals surface area contributed by atoms with E-state index < -0.39 is 0 Å². The fourth-order valence-corrected chi connectivity index (χ4v) is 3.97. The molecule has 8 heteroatoms. The zero-order valence-electron chi connectivity index (χ0n) is 17.5. The Morgan fingerprint density at radius 3 is 2.61 bits per heavy atom. The smallest absolute Gasteiger partial charge is 0.291 e. The van der Waals surface area contributed by atoms with Crippen LogP contribution in [-0.2, 0) is 6.42 Å². The first-order valence-electron chi connectivity index (χ1n) is 9.96. The minimum Gasteiger partial charge on any atom is -0.469 e. The summed E-state index contributed by atoms with van der Waals surface area (Å²) in [4.78, 5) is 25.3. The van der Waals surface area contributed by atoms with Crippen molar-refractivity contribution in [3.8, 4) is 0 Å². The maximum absolute atomic E-state index is 12.9. The number of amides is 2. The van der Waals surface area contributed by atoms with Gasteiger partial charge < -0.3 is 14.2 Å². The third-order valence-corrected chi connectivity index (χ3v) is 5.60.